The van der Waals surface area contributed by atoms with Gasteiger partial charge in [0.05, 0.1) is 19.8 Å². The first-order chi connectivity index (χ1) is 16.9. The Bertz CT molecular complexity index is 943. The van der Waals surface area contributed by atoms with Gasteiger partial charge in [-0.25, -0.2) is 0 Å². The minimum Gasteiger partial charge on any atom is -0.497 e. The molecule has 2 aromatic carbocycles. The van der Waals surface area contributed by atoms with Crippen molar-refractivity contribution in [3.63, 3.8) is 0 Å². The van der Waals surface area contributed by atoms with Gasteiger partial charge in [0.25, 0.3) is 0 Å². The third-order valence-electron chi connectivity index (χ3n) is 5.77. The number of amides is 1. The van der Waals surface area contributed by atoms with E-state index in [2.05, 4.69) is 5.32 Å². The number of ether oxygens (including phenoxy) is 1. The fourth-order valence-electron chi connectivity index (χ4n) is 3.74. The maximum atomic E-state index is 12.6. The first kappa shape index (κ1) is 28.2. The standard InChI is InChI=1S/C16H21NO4.C10H15N3S/c1-21-15-8-4-13(5-9-15)17(10-11-18)16(20)12-2-6-14(19)7-3-12;1-13-9-4-2-8(3-5-9)10(12)6-14-7-11/h4-5,8-9,11-12,14,19H,2-3,6-7,10H2,1H3;2-6,13H,7,11-12H2,1H3/b;10-6-. The van der Waals surface area contributed by atoms with Gasteiger partial charge in [0.2, 0.25) is 5.91 Å². The maximum absolute atomic E-state index is 12.6. The zero-order valence-corrected chi connectivity index (χ0v) is 21.2. The van der Waals surface area contributed by atoms with Gasteiger partial charge in [-0.15, -0.1) is 11.8 Å². The molecular formula is C26H36N4O4S. The van der Waals surface area contributed by atoms with Crippen molar-refractivity contribution < 1.29 is 19.4 Å². The molecule has 0 saturated heterocycles. The van der Waals surface area contributed by atoms with Gasteiger partial charge in [0, 0.05) is 35.9 Å². The number of carbonyl (C=O) groups excluding carboxylic acids is 2. The van der Waals surface area contributed by atoms with Crippen LogP contribution in [0.1, 0.15) is 31.2 Å². The van der Waals surface area contributed by atoms with E-state index in [1.807, 2.05) is 36.7 Å². The summed E-state index contributed by atoms with van der Waals surface area (Å²) in [6, 6.07) is 15.0. The van der Waals surface area contributed by atoms with Crippen LogP contribution in [0.25, 0.3) is 5.70 Å². The number of rotatable bonds is 9. The van der Waals surface area contributed by atoms with Crippen LogP contribution in [0.3, 0.4) is 0 Å². The summed E-state index contributed by atoms with van der Waals surface area (Å²) in [5.74, 6) is 1.10. The second-order valence-corrected chi connectivity index (χ2v) is 8.96. The highest BCUT2D eigenvalue weighted by Crippen LogP contribution is 2.28. The molecule has 0 bridgehead atoms. The van der Waals surface area contributed by atoms with E-state index in [1.165, 1.54) is 16.7 Å². The van der Waals surface area contributed by atoms with Crippen molar-refractivity contribution >= 4 is 41.0 Å². The van der Waals surface area contributed by atoms with E-state index in [4.69, 9.17) is 16.2 Å². The minimum absolute atomic E-state index is 0.0424. The summed E-state index contributed by atoms with van der Waals surface area (Å²) in [5.41, 5.74) is 14.7. The molecule has 1 aliphatic rings. The van der Waals surface area contributed by atoms with Gasteiger partial charge in [0.1, 0.15) is 12.0 Å². The van der Waals surface area contributed by atoms with Crippen LogP contribution in [0.2, 0.25) is 0 Å². The number of thioether (sulfide) groups is 1. The van der Waals surface area contributed by atoms with Gasteiger partial charge in [-0.2, -0.15) is 0 Å². The SMILES string of the molecule is CNc1ccc(/C(N)=C/SCN)cc1.COc1ccc(N(CC=O)C(=O)C2CCC(O)CC2)cc1. The number of hydrogen-bond acceptors (Lipinski definition) is 8. The molecule has 1 fully saturated rings. The highest BCUT2D eigenvalue weighted by atomic mass is 32.2. The van der Waals surface area contributed by atoms with Crippen LogP contribution in [0.4, 0.5) is 11.4 Å². The number of carbonyl (C=O) groups is 2. The molecule has 0 aromatic heterocycles. The molecule has 0 unspecified atom stereocenters. The number of hydrogen-bond donors (Lipinski definition) is 4. The molecule has 0 heterocycles. The van der Waals surface area contributed by atoms with E-state index in [0.717, 1.165) is 23.2 Å². The average Bonchev–Trinajstić information content (AvgIpc) is 2.91. The quantitative estimate of drug-likeness (QED) is 0.304. The van der Waals surface area contributed by atoms with Gasteiger partial charge in [-0.3, -0.25) is 4.79 Å². The van der Waals surface area contributed by atoms with Crippen molar-refractivity contribution in [1.29, 1.82) is 0 Å². The fraction of sp³-hybridized carbons (Fsp3) is 0.385. The zero-order chi connectivity index (χ0) is 25.6. The van der Waals surface area contributed by atoms with Gasteiger partial charge >= 0.3 is 0 Å². The Kier molecular flexibility index (Phi) is 12.2. The highest BCUT2D eigenvalue weighted by molar-refractivity contribution is 8.02. The van der Waals surface area contributed by atoms with Crippen LogP contribution < -0.4 is 26.4 Å². The molecule has 0 radical (unpaired) electrons. The van der Waals surface area contributed by atoms with Crippen LogP contribution in [0.15, 0.2) is 53.9 Å². The molecule has 1 saturated carbocycles. The lowest BCUT2D eigenvalue weighted by Crippen LogP contribution is -2.39. The maximum Gasteiger partial charge on any atom is 0.230 e. The predicted molar refractivity (Wildman–Crippen MR) is 144 cm³/mol. The lowest BCUT2D eigenvalue weighted by molar-refractivity contribution is -0.124. The van der Waals surface area contributed by atoms with Crippen LogP contribution in [-0.2, 0) is 9.59 Å². The Balaban J connectivity index is 0.000000269. The number of anilines is 2. The third-order valence-corrected chi connectivity index (χ3v) is 6.38. The van der Waals surface area contributed by atoms with E-state index in [1.54, 1.807) is 31.4 Å². The second-order valence-electron chi connectivity index (χ2n) is 8.05. The topological polar surface area (TPSA) is 131 Å². The molecule has 3 rings (SSSR count). The van der Waals surface area contributed by atoms with Crippen molar-refractivity contribution in [1.82, 2.24) is 0 Å². The fourth-order valence-corrected chi connectivity index (χ4v) is 4.15. The first-order valence-electron chi connectivity index (χ1n) is 11.6. The molecular weight excluding hydrogens is 464 g/mol. The molecule has 6 N–H and O–H groups in total. The van der Waals surface area contributed by atoms with Crippen molar-refractivity contribution in [3.8, 4) is 5.75 Å². The number of benzene rings is 2. The molecule has 8 nitrogen and oxygen atoms in total. The number of nitrogens with zero attached hydrogens (tertiary/aromatic N) is 1. The lowest BCUT2D eigenvalue weighted by atomic mass is 9.86. The zero-order valence-electron chi connectivity index (χ0n) is 20.4. The van der Waals surface area contributed by atoms with Crippen molar-refractivity contribution in [3.05, 3.63) is 59.5 Å². The molecule has 0 spiro atoms. The molecule has 35 heavy (non-hydrogen) atoms. The number of aldehydes is 1. The summed E-state index contributed by atoms with van der Waals surface area (Å²) < 4.78 is 5.10. The Labute approximate surface area is 211 Å². The number of aliphatic hydroxyl groups is 1. The van der Waals surface area contributed by atoms with Crippen LogP contribution >= 0.6 is 11.8 Å². The van der Waals surface area contributed by atoms with Crippen LogP contribution in [-0.4, -0.2) is 50.0 Å². The molecule has 1 amide bonds. The third kappa shape index (κ3) is 8.93. The Hall–Kier alpha value is -3.01. The molecule has 9 heteroatoms. The van der Waals surface area contributed by atoms with E-state index in [-0.39, 0.29) is 24.5 Å². The molecule has 2 aromatic rings. The van der Waals surface area contributed by atoms with E-state index in [0.29, 0.717) is 43.0 Å². The minimum atomic E-state index is -0.297. The Morgan fingerprint density at radius 2 is 1.77 bits per heavy atom. The number of nitrogens with one attached hydrogen (secondary N) is 1. The molecule has 1 aliphatic carbocycles. The van der Waals surface area contributed by atoms with Crippen molar-refractivity contribution in [2.45, 2.75) is 31.8 Å². The molecule has 190 valence electrons. The molecule has 0 aliphatic heterocycles. The van der Waals surface area contributed by atoms with Gasteiger partial charge in [-0.05, 0) is 73.1 Å². The second kappa shape index (κ2) is 15.1. The monoisotopic (exact) mass is 500 g/mol. The van der Waals surface area contributed by atoms with Crippen molar-refractivity contribution in [2.24, 2.45) is 17.4 Å². The highest BCUT2D eigenvalue weighted by Gasteiger charge is 2.29. The summed E-state index contributed by atoms with van der Waals surface area (Å²) in [6.45, 7) is 0.0458. The van der Waals surface area contributed by atoms with E-state index >= 15 is 0 Å². The summed E-state index contributed by atoms with van der Waals surface area (Å²) in [7, 11) is 3.47. The van der Waals surface area contributed by atoms with E-state index < -0.39 is 0 Å². The summed E-state index contributed by atoms with van der Waals surface area (Å²) >= 11 is 1.50. The number of nitrogens with two attached hydrogens (primary N) is 2. The van der Waals surface area contributed by atoms with Crippen LogP contribution in [0.5, 0.6) is 5.75 Å². The summed E-state index contributed by atoms with van der Waals surface area (Å²) in [4.78, 5) is 25.0. The largest absolute Gasteiger partial charge is 0.497 e. The van der Waals surface area contributed by atoms with Gasteiger partial charge in [0.15, 0.2) is 0 Å². The number of aliphatic hydroxyl groups excluding tert-OH is 1. The normalized spacial score (nSPS) is 17.5. The van der Waals surface area contributed by atoms with E-state index in [9.17, 15) is 14.7 Å². The number of methoxy groups -OCH3 is 1. The smallest absolute Gasteiger partial charge is 0.230 e. The Morgan fingerprint density at radius 1 is 1.14 bits per heavy atom. The first-order valence-corrected chi connectivity index (χ1v) is 12.6. The average molecular weight is 501 g/mol. The molecule has 0 atom stereocenters. The van der Waals surface area contributed by atoms with Gasteiger partial charge < -0.3 is 36.3 Å². The van der Waals surface area contributed by atoms with Crippen molar-refractivity contribution in [2.75, 3.05) is 36.8 Å². The summed E-state index contributed by atoms with van der Waals surface area (Å²) in [5, 5.41) is 14.5. The Morgan fingerprint density at radius 3 is 2.29 bits per heavy atom. The predicted octanol–water partition coefficient (Wildman–Crippen LogP) is 3.41. The van der Waals surface area contributed by atoms with Gasteiger partial charge in [-0.1, -0.05) is 12.1 Å². The summed E-state index contributed by atoms with van der Waals surface area (Å²) in [6.07, 6.45) is 3.08. The van der Waals surface area contributed by atoms with Crippen LogP contribution in [0, 0.1) is 5.92 Å². The lowest BCUT2D eigenvalue weighted by Gasteiger charge is -2.29.